The van der Waals surface area contributed by atoms with E-state index in [1.165, 1.54) is 12.3 Å². The number of hydrogen-bond donors (Lipinski definition) is 0. The van der Waals surface area contributed by atoms with Crippen LogP contribution in [0.15, 0.2) is 29.2 Å². The highest BCUT2D eigenvalue weighted by atomic mass is 19.2. The van der Waals surface area contributed by atoms with Crippen molar-refractivity contribution < 1.29 is 23.2 Å². The summed E-state index contributed by atoms with van der Waals surface area (Å²) in [4.78, 5) is 40.4. The first-order valence-electron chi connectivity index (χ1n) is 10.5. The van der Waals surface area contributed by atoms with Crippen molar-refractivity contribution in [2.75, 3.05) is 0 Å². The molecule has 0 spiro atoms. The molecule has 2 aromatic heterocycles. The van der Waals surface area contributed by atoms with Gasteiger partial charge in [-0.15, -0.1) is 0 Å². The third kappa shape index (κ3) is 5.13. The number of imidazole rings is 1. The molecule has 182 valence electrons. The third-order valence-electron chi connectivity index (χ3n) is 4.80. The maximum absolute atomic E-state index is 14.8. The Morgan fingerprint density at radius 1 is 1.21 bits per heavy atom. The van der Waals surface area contributed by atoms with Gasteiger partial charge in [-0.3, -0.25) is 14.9 Å². The molecular weight excluding hydrogens is 450 g/mol. The van der Waals surface area contributed by atoms with Crippen molar-refractivity contribution in [1.82, 2.24) is 14.1 Å². The molecule has 0 atom stereocenters. The Morgan fingerprint density at radius 2 is 1.85 bits per heavy atom. The minimum absolute atomic E-state index is 0.0163. The molecule has 0 amide bonds. The number of carbonyl (C=O) groups excluding carboxylic acids is 1. The fourth-order valence-corrected chi connectivity index (χ4v) is 3.52. The molecular formula is C23H26F2N4O5. The fraction of sp³-hybridized carbons (Fsp3) is 0.435. The van der Waals surface area contributed by atoms with Crippen LogP contribution in [0.5, 0.6) is 0 Å². The van der Waals surface area contributed by atoms with E-state index in [9.17, 15) is 28.5 Å². The molecule has 1 aromatic carbocycles. The van der Waals surface area contributed by atoms with E-state index in [1.807, 2.05) is 20.8 Å². The zero-order valence-corrected chi connectivity index (χ0v) is 19.8. The first kappa shape index (κ1) is 25.0. The van der Waals surface area contributed by atoms with Gasteiger partial charge in [0, 0.05) is 23.9 Å². The number of halogens is 2. The SMILES string of the molecule is CC(C)(C)Cc1c(F)c(F)cc2c1nc(Cn1cccc([N+](=O)[O-])c1=O)n2C(=O)OC(C)(C)C. The molecule has 0 saturated carbocycles. The molecule has 9 nitrogen and oxygen atoms in total. The average Bonchev–Trinajstić information content (AvgIpc) is 3.02. The smallest absolute Gasteiger partial charge is 0.420 e. The van der Waals surface area contributed by atoms with Crippen molar-refractivity contribution in [2.45, 2.75) is 60.1 Å². The van der Waals surface area contributed by atoms with Crippen LogP contribution in [0.4, 0.5) is 19.3 Å². The van der Waals surface area contributed by atoms with Gasteiger partial charge in [0.25, 0.3) is 0 Å². The second-order valence-corrected chi connectivity index (χ2v) is 10.2. The third-order valence-corrected chi connectivity index (χ3v) is 4.80. The number of pyridine rings is 1. The molecule has 34 heavy (non-hydrogen) atoms. The van der Waals surface area contributed by atoms with Gasteiger partial charge in [-0.25, -0.2) is 23.1 Å². The van der Waals surface area contributed by atoms with E-state index in [1.54, 1.807) is 20.8 Å². The fourth-order valence-electron chi connectivity index (χ4n) is 3.52. The Labute approximate surface area is 194 Å². The first-order valence-corrected chi connectivity index (χ1v) is 10.5. The predicted octanol–water partition coefficient (Wildman–Crippen LogP) is 4.80. The normalized spacial score (nSPS) is 12.2. The van der Waals surface area contributed by atoms with Crippen LogP contribution < -0.4 is 5.56 Å². The molecule has 0 aliphatic heterocycles. The molecule has 0 fully saturated rings. The number of aromatic nitrogens is 3. The van der Waals surface area contributed by atoms with Crippen LogP contribution in [-0.4, -0.2) is 30.7 Å². The summed E-state index contributed by atoms with van der Waals surface area (Å²) in [6.07, 6.45) is 0.510. The van der Waals surface area contributed by atoms with E-state index in [4.69, 9.17) is 4.74 Å². The van der Waals surface area contributed by atoms with E-state index >= 15 is 0 Å². The van der Waals surface area contributed by atoms with E-state index in [-0.39, 0.29) is 35.4 Å². The van der Waals surface area contributed by atoms with E-state index < -0.39 is 44.9 Å². The number of carbonyl (C=O) groups is 1. The van der Waals surface area contributed by atoms with Crippen LogP contribution in [-0.2, 0) is 17.7 Å². The van der Waals surface area contributed by atoms with Crippen molar-refractivity contribution in [2.24, 2.45) is 5.41 Å². The van der Waals surface area contributed by atoms with Gasteiger partial charge < -0.3 is 9.30 Å². The van der Waals surface area contributed by atoms with E-state index in [2.05, 4.69) is 4.98 Å². The molecule has 11 heteroatoms. The second kappa shape index (κ2) is 8.62. The number of fused-ring (bicyclic) bond motifs is 1. The molecule has 0 aliphatic rings. The second-order valence-electron chi connectivity index (χ2n) is 10.2. The van der Waals surface area contributed by atoms with Crippen LogP contribution in [0.3, 0.4) is 0 Å². The summed E-state index contributed by atoms with van der Waals surface area (Å²) in [5.41, 5.74) is -2.92. The van der Waals surface area contributed by atoms with Gasteiger partial charge in [0.05, 0.1) is 22.5 Å². The zero-order valence-electron chi connectivity index (χ0n) is 19.8. The van der Waals surface area contributed by atoms with Crippen LogP contribution in [0, 0.1) is 27.2 Å². The molecule has 0 bridgehead atoms. The Hall–Kier alpha value is -3.63. The summed E-state index contributed by atoms with van der Waals surface area (Å²) in [5.74, 6) is -2.29. The van der Waals surface area contributed by atoms with Crippen LogP contribution in [0.1, 0.15) is 52.9 Å². The summed E-state index contributed by atoms with van der Waals surface area (Å²) in [6.45, 7) is 10.1. The van der Waals surface area contributed by atoms with Crippen LogP contribution in [0.25, 0.3) is 11.0 Å². The van der Waals surface area contributed by atoms with Crippen molar-refractivity contribution in [1.29, 1.82) is 0 Å². The molecule has 0 saturated heterocycles. The standard InChI is InChI=1S/C23H26F2N4O5/c1-22(2,3)11-13-18(25)14(24)10-16-19(13)26-17(28(16)21(31)34-23(4,5)6)12-27-9-7-8-15(20(27)30)29(32)33/h7-10H,11-12H2,1-6H3. The summed E-state index contributed by atoms with van der Waals surface area (Å²) in [6, 6.07) is 3.22. The Balaban J connectivity index is 2.30. The lowest BCUT2D eigenvalue weighted by Crippen LogP contribution is -2.30. The van der Waals surface area contributed by atoms with E-state index in [0.29, 0.717) is 0 Å². The van der Waals surface area contributed by atoms with Crippen molar-refractivity contribution >= 4 is 22.8 Å². The number of benzene rings is 1. The number of nitrogens with zero attached hydrogens (tertiary/aromatic N) is 4. The van der Waals surface area contributed by atoms with Gasteiger partial charge in [0.2, 0.25) is 0 Å². The van der Waals surface area contributed by atoms with Crippen LogP contribution in [0.2, 0.25) is 0 Å². The number of nitro groups is 1. The predicted molar refractivity (Wildman–Crippen MR) is 121 cm³/mol. The highest BCUT2D eigenvalue weighted by molar-refractivity contribution is 5.89. The van der Waals surface area contributed by atoms with Gasteiger partial charge in [-0.05, 0) is 38.7 Å². The van der Waals surface area contributed by atoms with Gasteiger partial charge in [0.1, 0.15) is 11.4 Å². The van der Waals surface area contributed by atoms with Gasteiger partial charge >= 0.3 is 17.3 Å². The molecule has 2 heterocycles. The summed E-state index contributed by atoms with van der Waals surface area (Å²) in [5, 5.41) is 11.2. The monoisotopic (exact) mass is 476 g/mol. The van der Waals surface area contributed by atoms with Crippen molar-refractivity contribution in [3.63, 3.8) is 0 Å². The minimum atomic E-state index is -1.16. The number of rotatable bonds is 4. The summed E-state index contributed by atoms with van der Waals surface area (Å²) in [7, 11) is 0. The Bertz CT molecular complexity index is 1350. The molecule has 3 rings (SSSR count). The largest absolute Gasteiger partial charge is 0.443 e. The molecule has 0 aliphatic carbocycles. The van der Waals surface area contributed by atoms with Crippen molar-refractivity contribution in [3.8, 4) is 0 Å². The van der Waals surface area contributed by atoms with Crippen molar-refractivity contribution in [3.05, 3.63) is 67.9 Å². The quantitative estimate of drug-likeness (QED) is 0.395. The molecule has 0 radical (unpaired) electrons. The lowest BCUT2D eigenvalue weighted by molar-refractivity contribution is -0.386. The van der Waals surface area contributed by atoms with Gasteiger partial charge in [0.15, 0.2) is 11.6 Å². The lowest BCUT2D eigenvalue weighted by Gasteiger charge is -2.21. The topological polar surface area (TPSA) is 109 Å². The average molecular weight is 476 g/mol. The molecule has 3 aromatic rings. The highest BCUT2D eigenvalue weighted by Crippen LogP contribution is 2.31. The van der Waals surface area contributed by atoms with E-state index in [0.717, 1.165) is 21.3 Å². The molecule has 0 N–H and O–H groups in total. The maximum Gasteiger partial charge on any atom is 0.420 e. The summed E-state index contributed by atoms with van der Waals surface area (Å²) >= 11 is 0. The zero-order chi connectivity index (χ0) is 25.6. The number of ether oxygens (including phenoxy) is 1. The van der Waals surface area contributed by atoms with Gasteiger partial charge in [-0.1, -0.05) is 20.8 Å². The Morgan fingerprint density at radius 3 is 2.41 bits per heavy atom. The minimum Gasteiger partial charge on any atom is -0.443 e. The Kier molecular flexibility index (Phi) is 6.34. The first-order chi connectivity index (χ1) is 15.6. The maximum atomic E-state index is 14.8. The highest BCUT2D eigenvalue weighted by Gasteiger charge is 2.29. The molecule has 0 unspecified atom stereocenters. The van der Waals surface area contributed by atoms with Crippen LogP contribution >= 0.6 is 0 Å². The summed E-state index contributed by atoms with van der Waals surface area (Å²) < 4.78 is 36.9. The lowest BCUT2D eigenvalue weighted by atomic mass is 9.87. The van der Waals surface area contributed by atoms with Gasteiger partial charge in [-0.2, -0.15) is 0 Å². The number of hydrogen-bond acceptors (Lipinski definition) is 6.